The predicted molar refractivity (Wildman–Crippen MR) is 55.9 cm³/mol. The van der Waals surface area contributed by atoms with Crippen molar-refractivity contribution in [1.29, 1.82) is 0 Å². The fourth-order valence-corrected chi connectivity index (χ4v) is 3.14. The maximum Gasteiger partial charge on any atom is 0.0553 e. The highest BCUT2D eigenvalue weighted by Gasteiger charge is 2.49. The Labute approximate surface area is 86.0 Å². The molecular weight excluding hydrogens is 176 g/mol. The van der Waals surface area contributed by atoms with Gasteiger partial charge in [0.1, 0.15) is 0 Å². The number of rotatable bonds is 1. The Hall–Kier alpha value is -0.340. The third kappa shape index (κ3) is 1.17. The van der Waals surface area contributed by atoms with E-state index in [1.165, 1.54) is 5.57 Å². The van der Waals surface area contributed by atoms with Crippen LogP contribution in [0.3, 0.4) is 0 Å². The summed E-state index contributed by atoms with van der Waals surface area (Å²) in [6.45, 7) is 8.44. The van der Waals surface area contributed by atoms with Gasteiger partial charge < -0.3 is 9.84 Å². The molecule has 0 saturated carbocycles. The molecule has 4 atom stereocenters. The van der Waals surface area contributed by atoms with Crippen LogP contribution >= 0.6 is 0 Å². The minimum Gasteiger partial charge on any atom is -0.396 e. The number of aliphatic hydroxyl groups is 1. The van der Waals surface area contributed by atoms with Gasteiger partial charge in [-0.25, -0.2) is 0 Å². The Kier molecular flexibility index (Phi) is 2.44. The van der Waals surface area contributed by atoms with Crippen LogP contribution < -0.4 is 0 Å². The van der Waals surface area contributed by atoms with Gasteiger partial charge in [-0.2, -0.15) is 0 Å². The van der Waals surface area contributed by atoms with Gasteiger partial charge in [0.05, 0.1) is 19.8 Å². The van der Waals surface area contributed by atoms with E-state index in [0.29, 0.717) is 24.4 Å². The zero-order valence-electron chi connectivity index (χ0n) is 9.29. The highest BCUT2D eigenvalue weighted by molar-refractivity contribution is 5.18. The van der Waals surface area contributed by atoms with Crippen LogP contribution in [0.15, 0.2) is 11.6 Å². The molecule has 0 unspecified atom stereocenters. The molecule has 80 valence electrons. The smallest absolute Gasteiger partial charge is 0.0553 e. The number of fused-ring (bicyclic) bond motifs is 2. The van der Waals surface area contributed by atoms with Crippen molar-refractivity contribution < 1.29 is 9.84 Å². The Morgan fingerprint density at radius 3 is 2.93 bits per heavy atom. The summed E-state index contributed by atoms with van der Waals surface area (Å²) in [6.07, 6.45) is 2.32. The van der Waals surface area contributed by atoms with Crippen LogP contribution in [0.25, 0.3) is 0 Å². The van der Waals surface area contributed by atoms with Crippen molar-refractivity contribution in [2.24, 2.45) is 23.2 Å². The Balaban J connectivity index is 2.40. The summed E-state index contributed by atoms with van der Waals surface area (Å²) in [6, 6.07) is 0. The number of hydrogen-bond donors (Lipinski definition) is 1. The average Bonchev–Trinajstić information content (AvgIpc) is 2.15. The van der Waals surface area contributed by atoms with Crippen molar-refractivity contribution in [3.05, 3.63) is 11.6 Å². The monoisotopic (exact) mass is 196 g/mol. The van der Waals surface area contributed by atoms with Crippen molar-refractivity contribution >= 4 is 0 Å². The van der Waals surface area contributed by atoms with Gasteiger partial charge in [0, 0.05) is 11.3 Å². The second-order valence-electron chi connectivity index (χ2n) is 5.00. The van der Waals surface area contributed by atoms with E-state index in [1.807, 2.05) is 0 Å². The fraction of sp³-hybridized carbons (Fsp3) is 0.833. The van der Waals surface area contributed by atoms with E-state index in [1.54, 1.807) is 0 Å². The lowest BCUT2D eigenvalue weighted by atomic mass is 9.58. The number of aliphatic hydroxyl groups excluding tert-OH is 1. The number of ether oxygens (including phenoxy) is 1. The molecule has 0 aromatic carbocycles. The van der Waals surface area contributed by atoms with Crippen molar-refractivity contribution in [2.45, 2.75) is 20.8 Å². The molecule has 1 heterocycles. The minimum atomic E-state index is -0.0254. The standard InChI is InChI=1S/C12H20O2/c1-8-4-9(2)12(6-13)7-14-5-11(8)10(12)3/h4,9-11,13H,5-7H2,1-3H3/t9-,10+,11+,12-/m1/s1. The molecule has 1 aliphatic carbocycles. The summed E-state index contributed by atoms with van der Waals surface area (Å²) in [5.41, 5.74) is 1.41. The Morgan fingerprint density at radius 2 is 2.29 bits per heavy atom. The molecule has 0 spiro atoms. The normalized spacial score (nSPS) is 47.4. The van der Waals surface area contributed by atoms with Crippen LogP contribution in [0, 0.1) is 23.2 Å². The van der Waals surface area contributed by atoms with E-state index in [0.717, 1.165) is 6.61 Å². The van der Waals surface area contributed by atoms with Gasteiger partial charge in [-0.15, -0.1) is 0 Å². The van der Waals surface area contributed by atoms with E-state index in [-0.39, 0.29) is 12.0 Å². The molecule has 0 aromatic rings. The quantitative estimate of drug-likeness (QED) is 0.648. The van der Waals surface area contributed by atoms with Gasteiger partial charge in [0.15, 0.2) is 0 Å². The second-order valence-corrected chi connectivity index (χ2v) is 5.00. The summed E-state index contributed by atoms with van der Waals surface area (Å²) in [5, 5.41) is 9.61. The second kappa shape index (κ2) is 3.35. The maximum atomic E-state index is 9.61. The zero-order valence-corrected chi connectivity index (χ0v) is 9.29. The summed E-state index contributed by atoms with van der Waals surface area (Å²) in [4.78, 5) is 0. The molecule has 2 bridgehead atoms. The third-order valence-electron chi connectivity index (χ3n) is 4.48. The lowest BCUT2D eigenvalue weighted by Gasteiger charge is -2.52. The molecule has 0 radical (unpaired) electrons. The number of allylic oxidation sites excluding steroid dienone is 1. The molecule has 2 heteroatoms. The summed E-state index contributed by atoms with van der Waals surface area (Å²) in [7, 11) is 0. The lowest BCUT2D eigenvalue weighted by Crippen LogP contribution is -2.53. The molecule has 2 aliphatic rings. The molecule has 1 aliphatic heterocycles. The molecule has 2 nitrogen and oxygen atoms in total. The SMILES string of the molecule is CC1=C[C@@H](C)[C@@]2(CO)COC[C@@H]1[C@@H]2C. The zero-order chi connectivity index (χ0) is 10.3. The molecular formula is C12H20O2. The van der Waals surface area contributed by atoms with E-state index in [2.05, 4.69) is 26.8 Å². The van der Waals surface area contributed by atoms with Crippen LogP contribution in [0.5, 0.6) is 0 Å². The summed E-state index contributed by atoms with van der Waals surface area (Å²) < 4.78 is 5.64. The summed E-state index contributed by atoms with van der Waals surface area (Å²) in [5.74, 6) is 1.49. The van der Waals surface area contributed by atoms with Crippen molar-refractivity contribution in [3.8, 4) is 0 Å². The molecule has 1 N–H and O–H groups in total. The van der Waals surface area contributed by atoms with E-state index in [9.17, 15) is 5.11 Å². The van der Waals surface area contributed by atoms with E-state index < -0.39 is 0 Å². The summed E-state index contributed by atoms with van der Waals surface area (Å²) >= 11 is 0. The third-order valence-corrected chi connectivity index (χ3v) is 4.48. The van der Waals surface area contributed by atoms with Crippen LogP contribution in [0.1, 0.15) is 20.8 Å². The maximum absolute atomic E-state index is 9.61. The van der Waals surface area contributed by atoms with Gasteiger partial charge in [0.25, 0.3) is 0 Å². The molecule has 1 saturated heterocycles. The first kappa shape index (κ1) is 10.2. The van der Waals surface area contributed by atoms with Gasteiger partial charge in [-0.3, -0.25) is 0 Å². The number of hydrogen-bond acceptors (Lipinski definition) is 2. The van der Waals surface area contributed by atoms with Gasteiger partial charge in [-0.1, -0.05) is 25.5 Å². The highest BCUT2D eigenvalue weighted by Crippen LogP contribution is 2.49. The minimum absolute atomic E-state index is 0.0254. The van der Waals surface area contributed by atoms with Crippen LogP contribution in [-0.4, -0.2) is 24.9 Å². The molecule has 2 rings (SSSR count). The molecule has 0 aromatic heterocycles. The van der Waals surface area contributed by atoms with Gasteiger partial charge >= 0.3 is 0 Å². The van der Waals surface area contributed by atoms with Crippen LogP contribution in [0.2, 0.25) is 0 Å². The average molecular weight is 196 g/mol. The van der Waals surface area contributed by atoms with E-state index in [4.69, 9.17) is 4.74 Å². The predicted octanol–water partition coefficient (Wildman–Crippen LogP) is 1.84. The van der Waals surface area contributed by atoms with Crippen LogP contribution in [-0.2, 0) is 4.74 Å². The van der Waals surface area contributed by atoms with Gasteiger partial charge in [0.2, 0.25) is 0 Å². The van der Waals surface area contributed by atoms with Crippen molar-refractivity contribution in [2.75, 3.05) is 19.8 Å². The first-order chi connectivity index (χ1) is 6.62. The topological polar surface area (TPSA) is 29.5 Å². The molecule has 1 fully saturated rings. The Morgan fingerprint density at radius 1 is 1.57 bits per heavy atom. The largest absolute Gasteiger partial charge is 0.396 e. The first-order valence-corrected chi connectivity index (χ1v) is 5.49. The lowest BCUT2D eigenvalue weighted by molar-refractivity contribution is -0.124. The molecule has 0 amide bonds. The van der Waals surface area contributed by atoms with Crippen molar-refractivity contribution in [3.63, 3.8) is 0 Å². The Bertz CT molecular complexity index is 259. The van der Waals surface area contributed by atoms with E-state index >= 15 is 0 Å². The first-order valence-electron chi connectivity index (χ1n) is 5.49. The van der Waals surface area contributed by atoms with Crippen LogP contribution in [0.4, 0.5) is 0 Å². The van der Waals surface area contributed by atoms with Crippen molar-refractivity contribution in [1.82, 2.24) is 0 Å². The fourth-order valence-electron chi connectivity index (χ4n) is 3.14. The highest BCUT2D eigenvalue weighted by atomic mass is 16.5. The van der Waals surface area contributed by atoms with Gasteiger partial charge in [-0.05, 0) is 18.8 Å². The molecule has 14 heavy (non-hydrogen) atoms.